The Kier molecular flexibility index (Phi) is 3.50. The molecule has 0 heterocycles. The Morgan fingerprint density at radius 3 is 1.94 bits per heavy atom. The lowest BCUT2D eigenvalue weighted by Crippen LogP contribution is -2.20. The van der Waals surface area contributed by atoms with Crippen molar-refractivity contribution in [1.29, 1.82) is 0 Å². The third-order valence-corrected chi connectivity index (χ3v) is 3.68. The van der Waals surface area contributed by atoms with Gasteiger partial charge in [0.2, 0.25) is 0 Å². The van der Waals surface area contributed by atoms with E-state index in [1.807, 2.05) is 0 Å². The first-order valence-electron chi connectivity index (χ1n) is 4.52. The van der Waals surface area contributed by atoms with E-state index >= 15 is 0 Å². The predicted octanol–water partition coefficient (Wildman–Crippen LogP) is 2.53. The Hall–Kier alpha value is -0.800. The molecule has 1 N–H and O–H groups in total. The lowest BCUT2D eigenvalue weighted by Gasteiger charge is -2.15. The van der Waals surface area contributed by atoms with Crippen LogP contribution in [0.3, 0.4) is 0 Å². The van der Waals surface area contributed by atoms with Gasteiger partial charge in [0, 0.05) is 5.30 Å². The van der Waals surface area contributed by atoms with Gasteiger partial charge in [0.05, 0.1) is 0 Å². The summed E-state index contributed by atoms with van der Waals surface area (Å²) in [6.45, 7) is 3.06. The first-order chi connectivity index (χ1) is 7.12. The number of hydrogen-bond acceptors (Lipinski definition) is 2. The minimum absolute atomic E-state index is 0.246. The first kappa shape index (κ1) is 13.3. The molecule has 6 heteroatoms. The molecule has 2 nitrogen and oxygen atoms in total. The normalized spacial score (nSPS) is 14.9. The molecule has 0 saturated heterocycles. The summed E-state index contributed by atoms with van der Waals surface area (Å²) in [5, 5.41) is 9.45. The molecule has 0 aliphatic rings. The molecule has 90 valence electrons. The standard InChI is InChI=1S/C10H12F3O2P/c1-16(2,15)8-5-3-7(4-6-8)9(14)10(11,12)13/h3-6,9,14H,1-2H3. The topological polar surface area (TPSA) is 37.3 Å². The van der Waals surface area contributed by atoms with Gasteiger partial charge in [0.25, 0.3) is 0 Å². The molecule has 0 aliphatic carbocycles. The van der Waals surface area contributed by atoms with E-state index in [0.717, 1.165) is 12.1 Å². The second-order valence-corrected chi connectivity index (χ2v) is 7.10. The van der Waals surface area contributed by atoms with Crippen LogP contribution in [-0.2, 0) is 4.57 Å². The minimum Gasteiger partial charge on any atom is -0.379 e. The highest BCUT2D eigenvalue weighted by molar-refractivity contribution is 7.70. The smallest absolute Gasteiger partial charge is 0.379 e. The third-order valence-electron chi connectivity index (χ3n) is 2.14. The maximum atomic E-state index is 12.2. The molecule has 0 bridgehead atoms. The predicted molar refractivity (Wildman–Crippen MR) is 56.5 cm³/mol. The maximum absolute atomic E-state index is 12.2. The fourth-order valence-corrected chi connectivity index (χ4v) is 2.07. The number of hydrogen-bond donors (Lipinski definition) is 1. The zero-order valence-electron chi connectivity index (χ0n) is 8.82. The molecule has 1 aromatic rings. The van der Waals surface area contributed by atoms with Crippen molar-refractivity contribution in [3.8, 4) is 0 Å². The largest absolute Gasteiger partial charge is 0.418 e. The lowest BCUT2D eigenvalue weighted by molar-refractivity contribution is -0.206. The van der Waals surface area contributed by atoms with Gasteiger partial charge in [0.15, 0.2) is 6.10 Å². The zero-order chi connectivity index (χ0) is 12.6. The summed E-state index contributed by atoms with van der Waals surface area (Å²) in [7, 11) is -2.47. The number of aliphatic hydroxyl groups is 1. The molecule has 1 rings (SSSR count). The van der Waals surface area contributed by atoms with Crippen LogP contribution in [0.2, 0.25) is 0 Å². The van der Waals surface area contributed by atoms with Crippen molar-refractivity contribution < 1.29 is 22.8 Å². The fraction of sp³-hybridized carbons (Fsp3) is 0.400. The van der Waals surface area contributed by atoms with Crippen LogP contribution in [0.4, 0.5) is 13.2 Å². The molecule has 0 spiro atoms. The van der Waals surface area contributed by atoms with Gasteiger partial charge in [-0.25, -0.2) is 0 Å². The van der Waals surface area contributed by atoms with E-state index in [1.165, 1.54) is 25.5 Å². The number of aliphatic hydroxyl groups excluding tert-OH is 1. The monoisotopic (exact) mass is 252 g/mol. The highest BCUT2D eigenvalue weighted by Gasteiger charge is 2.39. The van der Waals surface area contributed by atoms with Gasteiger partial charge in [-0.05, 0) is 18.9 Å². The van der Waals surface area contributed by atoms with Gasteiger partial charge in [-0.1, -0.05) is 24.3 Å². The molecule has 0 fully saturated rings. The van der Waals surface area contributed by atoms with E-state index in [-0.39, 0.29) is 5.56 Å². The van der Waals surface area contributed by atoms with Crippen molar-refractivity contribution in [3.05, 3.63) is 29.8 Å². The van der Waals surface area contributed by atoms with Crippen LogP contribution in [0.5, 0.6) is 0 Å². The van der Waals surface area contributed by atoms with Crippen molar-refractivity contribution in [1.82, 2.24) is 0 Å². The van der Waals surface area contributed by atoms with Crippen LogP contribution < -0.4 is 5.30 Å². The third kappa shape index (κ3) is 3.09. The van der Waals surface area contributed by atoms with Gasteiger partial charge < -0.3 is 9.67 Å². The Morgan fingerprint density at radius 1 is 1.19 bits per heavy atom. The second-order valence-electron chi connectivity index (χ2n) is 3.89. The Balaban J connectivity index is 3.01. The van der Waals surface area contributed by atoms with Gasteiger partial charge in [-0.15, -0.1) is 0 Å². The van der Waals surface area contributed by atoms with E-state index in [2.05, 4.69) is 0 Å². The summed E-state index contributed by atoms with van der Waals surface area (Å²) in [6.07, 6.45) is -7.17. The van der Waals surface area contributed by atoms with Crippen LogP contribution in [0.15, 0.2) is 24.3 Å². The molecule has 0 saturated carbocycles. The zero-order valence-corrected chi connectivity index (χ0v) is 9.72. The SMILES string of the molecule is CP(C)(=O)c1ccc(C(O)C(F)(F)F)cc1. The molecular weight excluding hydrogens is 240 g/mol. The molecular formula is C10H12F3O2P. The van der Waals surface area contributed by atoms with E-state index < -0.39 is 19.4 Å². The highest BCUT2D eigenvalue weighted by Crippen LogP contribution is 2.36. The summed E-state index contributed by atoms with van der Waals surface area (Å²) in [6, 6.07) is 5.00. The van der Waals surface area contributed by atoms with Crippen molar-refractivity contribution in [2.75, 3.05) is 13.3 Å². The first-order valence-corrected chi connectivity index (χ1v) is 7.13. The maximum Gasteiger partial charge on any atom is 0.418 e. The van der Waals surface area contributed by atoms with E-state index in [0.29, 0.717) is 5.30 Å². The van der Waals surface area contributed by atoms with Gasteiger partial charge in [-0.3, -0.25) is 0 Å². The average Bonchev–Trinajstić information content (AvgIpc) is 2.14. The van der Waals surface area contributed by atoms with Crippen LogP contribution >= 0.6 is 7.14 Å². The summed E-state index contributed by atoms with van der Waals surface area (Å²) in [5.41, 5.74) is -0.246. The second kappa shape index (κ2) is 4.22. The van der Waals surface area contributed by atoms with Crippen molar-refractivity contribution in [3.63, 3.8) is 0 Å². The fourth-order valence-electron chi connectivity index (χ4n) is 1.20. The number of alkyl halides is 3. The summed E-state index contributed by atoms with van der Waals surface area (Å²) < 4.78 is 48.1. The molecule has 0 amide bonds. The Bertz CT molecular complexity index is 405. The van der Waals surface area contributed by atoms with Crippen LogP contribution in [0, 0.1) is 0 Å². The Morgan fingerprint density at radius 2 is 1.62 bits per heavy atom. The van der Waals surface area contributed by atoms with E-state index in [9.17, 15) is 17.7 Å². The van der Waals surface area contributed by atoms with Gasteiger partial charge in [-0.2, -0.15) is 13.2 Å². The molecule has 0 aromatic heterocycles. The molecule has 16 heavy (non-hydrogen) atoms. The van der Waals surface area contributed by atoms with Crippen molar-refractivity contribution in [2.45, 2.75) is 12.3 Å². The highest BCUT2D eigenvalue weighted by atomic mass is 31.2. The molecule has 0 aliphatic heterocycles. The lowest BCUT2D eigenvalue weighted by atomic mass is 10.1. The minimum atomic E-state index is -4.68. The van der Waals surface area contributed by atoms with Crippen LogP contribution in [0.25, 0.3) is 0 Å². The molecule has 1 aromatic carbocycles. The van der Waals surface area contributed by atoms with Crippen molar-refractivity contribution >= 4 is 12.4 Å². The van der Waals surface area contributed by atoms with E-state index in [4.69, 9.17) is 5.11 Å². The number of rotatable bonds is 2. The quantitative estimate of drug-likeness (QED) is 0.821. The molecule has 1 atom stereocenters. The van der Waals surface area contributed by atoms with Crippen LogP contribution in [-0.4, -0.2) is 24.6 Å². The summed E-state index contributed by atoms with van der Waals surface area (Å²) in [5.74, 6) is 0. The molecule has 1 unspecified atom stereocenters. The molecule has 0 radical (unpaired) electrons. The summed E-state index contributed by atoms with van der Waals surface area (Å²) in [4.78, 5) is 0. The van der Waals surface area contributed by atoms with Crippen molar-refractivity contribution in [2.24, 2.45) is 0 Å². The van der Waals surface area contributed by atoms with E-state index in [1.54, 1.807) is 0 Å². The number of halogens is 3. The van der Waals surface area contributed by atoms with Gasteiger partial charge >= 0.3 is 6.18 Å². The Labute approximate surface area is 91.5 Å². The summed E-state index contributed by atoms with van der Waals surface area (Å²) >= 11 is 0. The van der Waals surface area contributed by atoms with Crippen LogP contribution in [0.1, 0.15) is 11.7 Å². The number of benzene rings is 1. The van der Waals surface area contributed by atoms with Gasteiger partial charge in [0.1, 0.15) is 7.14 Å². The average molecular weight is 252 g/mol.